The third-order valence-electron chi connectivity index (χ3n) is 6.82. The van der Waals surface area contributed by atoms with E-state index in [1.807, 2.05) is 0 Å². The number of likely N-dealkylation sites (tertiary alicyclic amines) is 1. The summed E-state index contributed by atoms with van der Waals surface area (Å²) in [7, 11) is 0. The van der Waals surface area contributed by atoms with E-state index in [9.17, 15) is 46.7 Å². The number of oxime groups is 1. The van der Waals surface area contributed by atoms with Crippen LogP contribution in [-0.4, -0.2) is 85.3 Å². The first-order valence-corrected chi connectivity index (χ1v) is 14.7. The number of carbonyl (C=O) groups excluding carboxylic acids is 5. The molecular weight excluding hydrogens is 648 g/mol. The molecule has 2 atom stereocenters. The minimum absolute atomic E-state index is 0.0584. The molecule has 5 rings (SSSR count). The van der Waals surface area contributed by atoms with Gasteiger partial charge in [-0.05, 0) is 35.8 Å². The van der Waals surface area contributed by atoms with Crippen LogP contribution in [0, 0.1) is 5.82 Å². The van der Waals surface area contributed by atoms with E-state index in [2.05, 4.69) is 20.2 Å². The summed E-state index contributed by atoms with van der Waals surface area (Å²) < 4.78 is 56.0. The van der Waals surface area contributed by atoms with Crippen molar-refractivity contribution in [2.24, 2.45) is 5.16 Å². The normalized spacial score (nSPS) is 21.2. The molecule has 236 valence electrons. The molecule has 0 bridgehead atoms. The Morgan fingerprint density at radius 1 is 1.22 bits per heavy atom. The molecule has 3 amide bonds. The van der Waals surface area contributed by atoms with Crippen molar-refractivity contribution in [2.45, 2.75) is 30.6 Å². The summed E-state index contributed by atoms with van der Waals surface area (Å²) in [6.07, 6.45) is -4.08. The third kappa shape index (κ3) is 6.39. The number of hydrogen-bond donors (Lipinski definition) is 3. The number of carbonyl (C=O) groups is 5. The van der Waals surface area contributed by atoms with Crippen LogP contribution in [0.1, 0.15) is 17.7 Å². The first-order chi connectivity index (χ1) is 21.3. The lowest BCUT2D eigenvalue weighted by molar-refractivity contribution is -0.201. The lowest BCUT2D eigenvalue weighted by Gasteiger charge is -2.49. The fraction of sp³-hybridized carbons (Fsp3) is 0.269. The summed E-state index contributed by atoms with van der Waals surface area (Å²) in [6, 6.07) is 4.15. The average Bonchev–Trinajstić information content (AvgIpc) is 3.57. The number of nitrogens with zero attached hydrogens (tertiary/aromatic N) is 4. The lowest BCUT2D eigenvalue weighted by Crippen LogP contribution is -2.71. The Hall–Kier alpha value is -4.78. The zero-order chi connectivity index (χ0) is 32.6. The number of hydrogen-bond acceptors (Lipinski definition) is 12. The Morgan fingerprint density at radius 2 is 1.93 bits per heavy atom. The molecule has 0 radical (unpaired) electrons. The minimum Gasteiger partial charge on any atom is -0.410 e. The van der Waals surface area contributed by atoms with Crippen LogP contribution < -0.4 is 11.1 Å². The zero-order valence-electron chi connectivity index (χ0n) is 22.5. The Kier molecular flexibility index (Phi) is 8.66. The number of fused-ring (bicyclic) bond motifs is 1. The standard InChI is InChI=1S/C26H20F4N6O7S2/c27-14-3-1-11(2-4-14)8-35-6-5-12(20(35)38)7-13-9-44-22-17(33-19(37)16(34-42)15-10-45-25(31)32-15)21(39)36(22)18(13)23(40)43-24(41)26(28,29)30/h1-4,7,10,17,22,42H,5-6,8-9H2,(H2,31,32)(H,33,37)/b12-7+,34-16-/t17-,22-/m1/s1. The zero-order valence-corrected chi connectivity index (χ0v) is 24.2. The number of esters is 2. The Morgan fingerprint density at radius 3 is 2.56 bits per heavy atom. The minimum atomic E-state index is -5.52. The molecule has 19 heteroatoms. The lowest BCUT2D eigenvalue weighted by atomic mass is 10.0. The van der Waals surface area contributed by atoms with Gasteiger partial charge >= 0.3 is 18.1 Å². The smallest absolute Gasteiger partial charge is 0.410 e. The number of anilines is 1. The molecule has 0 saturated carbocycles. The third-order valence-corrected chi connectivity index (χ3v) is 8.80. The number of β-lactam (4-membered cyclic amide) rings is 1. The van der Waals surface area contributed by atoms with Gasteiger partial charge in [-0.3, -0.25) is 19.3 Å². The second-order valence-corrected chi connectivity index (χ2v) is 11.7. The van der Waals surface area contributed by atoms with Crippen LogP contribution in [0.2, 0.25) is 0 Å². The largest absolute Gasteiger partial charge is 0.491 e. The highest BCUT2D eigenvalue weighted by molar-refractivity contribution is 8.00. The fourth-order valence-electron chi connectivity index (χ4n) is 4.72. The van der Waals surface area contributed by atoms with Crippen LogP contribution in [0.3, 0.4) is 0 Å². The Labute approximate surface area is 258 Å². The first-order valence-electron chi connectivity index (χ1n) is 12.8. The summed E-state index contributed by atoms with van der Waals surface area (Å²) in [5.74, 6) is -7.63. The molecule has 0 spiro atoms. The van der Waals surface area contributed by atoms with Crippen molar-refractivity contribution in [1.82, 2.24) is 20.1 Å². The predicted octanol–water partition coefficient (Wildman–Crippen LogP) is 1.69. The van der Waals surface area contributed by atoms with E-state index in [1.165, 1.54) is 40.6 Å². The van der Waals surface area contributed by atoms with Crippen LogP contribution >= 0.6 is 23.1 Å². The maximum Gasteiger partial charge on any atom is 0.491 e. The van der Waals surface area contributed by atoms with E-state index >= 15 is 0 Å². The highest BCUT2D eigenvalue weighted by Crippen LogP contribution is 2.42. The number of benzene rings is 1. The summed E-state index contributed by atoms with van der Waals surface area (Å²) >= 11 is 1.96. The number of aromatic nitrogens is 1. The molecule has 0 aliphatic carbocycles. The highest BCUT2D eigenvalue weighted by atomic mass is 32.2. The molecule has 1 aromatic carbocycles. The van der Waals surface area contributed by atoms with E-state index < -0.39 is 64.5 Å². The molecule has 4 heterocycles. The van der Waals surface area contributed by atoms with Crippen LogP contribution in [0.25, 0.3) is 0 Å². The summed E-state index contributed by atoms with van der Waals surface area (Å²) in [5, 5.41) is 14.9. The quantitative estimate of drug-likeness (QED) is 0.0574. The molecule has 2 fully saturated rings. The van der Waals surface area contributed by atoms with Gasteiger partial charge in [0.05, 0.1) is 0 Å². The second kappa shape index (κ2) is 12.3. The van der Waals surface area contributed by atoms with Crippen molar-refractivity contribution >= 4 is 63.6 Å². The van der Waals surface area contributed by atoms with Crippen LogP contribution in [0.5, 0.6) is 0 Å². The van der Waals surface area contributed by atoms with Crippen LogP contribution in [0.4, 0.5) is 22.7 Å². The predicted molar refractivity (Wildman–Crippen MR) is 149 cm³/mol. The van der Waals surface area contributed by atoms with Crippen molar-refractivity contribution in [2.75, 3.05) is 18.0 Å². The number of thiazole rings is 1. The molecule has 3 aliphatic rings. The number of halogens is 4. The fourth-order valence-corrected chi connectivity index (χ4v) is 6.58. The van der Waals surface area contributed by atoms with Crippen molar-refractivity contribution in [3.63, 3.8) is 0 Å². The highest BCUT2D eigenvalue weighted by Gasteiger charge is 2.55. The number of allylic oxidation sites excluding steroid dienone is 1. The van der Waals surface area contributed by atoms with Crippen LogP contribution in [-0.2, 0) is 35.3 Å². The molecule has 45 heavy (non-hydrogen) atoms. The molecular formula is C26H20F4N6O7S2. The molecule has 0 unspecified atom stereocenters. The van der Waals surface area contributed by atoms with E-state index in [0.29, 0.717) is 5.56 Å². The van der Waals surface area contributed by atoms with Gasteiger partial charge in [-0.2, -0.15) is 13.2 Å². The SMILES string of the molecule is Nc1nc(/C(=N/O)C(=O)N[C@@H]2C(=O)N3C(C(=O)OC(=O)C(F)(F)F)=C(/C=C4\CCN(Cc5ccc(F)cc5)C4=O)CS[C@H]23)cs1. The van der Waals surface area contributed by atoms with E-state index in [-0.39, 0.29) is 47.2 Å². The molecule has 2 aromatic rings. The van der Waals surface area contributed by atoms with Gasteiger partial charge in [0.25, 0.3) is 11.8 Å². The molecule has 2 saturated heterocycles. The van der Waals surface area contributed by atoms with Gasteiger partial charge in [0, 0.05) is 29.8 Å². The van der Waals surface area contributed by atoms with Crippen LogP contribution in [0.15, 0.2) is 57.7 Å². The molecule has 1 aromatic heterocycles. The Balaban J connectivity index is 1.40. The van der Waals surface area contributed by atoms with Gasteiger partial charge in [0.1, 0.15) is 28.6 Å². The second-order valence-electron chi connectivity index (χ2n) is 9.70. The number of thioether (sulfide) groups is 1. The van der Waals surface area contributed by atoms with Gasteiger partial charge in [-0.15, -0.1) is 23.1 Å². The topological polar surface area (TPSA) is 185 Å². The first kappa shape index (κ1) is 31.6. The maximum atomic E-state index is 13.3. The van der Waals surface area contributed by atoms with Crippen molar-refractivity contribution in [3.05, 3.63) is 69.6 Å². The number of amides is 3. The number of ether oxygens (including phenoxy) is 1. The van der Waals surface area contributed by atoms with Crippen molar-refractivity contribution < 1.29 is 51.5 Å². The summed E-state index contributed by atoms with van der Waals surface area (Å²) in [4.78, 5) is 69.6. The van der Waals surface area contributed by atoms with Gasteiger partial charge in [0.15, 0.2) is 10.8 Å². The summed E-state index contributed by atoms with van der Waals surface area (Å²) in [6.45, 7) is 0.382. The number of rotatable bonds is 7. The van der Waals surface area contributed by atoms with Crippen molar-refractivity contribution in [3.8, 4) is 0 Å². The van der Waals surface area contributed by atoms with Crippen molar-refractivity contribution in [1.29, 1.82) is 0 Å². The van der Waals surface area contributed by atoms with Gasteiger partial charge < -0.3 is 25.9 Å². The number of alkyl halides is 3. The Bertz CT molecular complexity index is 1690. The van der Waals surface area contributed by atoms with Gasteiger partial charge in [-0.25, -0.2) is 19.0 Å². The van der Waals surface area contributed by atoms with E-state index in [4.69, 9.17) is 5.73 Å². The van der Waals surface area contributed by atoms with E-state index in [1.54, 1.807) is 0 Å². The molecule has 4 N–H and O–H groups in total. The average molecular weight is 669 g/mol. The molecule has 3 aliphatic heterocycles. The van der Waals surface area contributed by atoms with Gasteiger partial charge in [0.2, 0.25) is 5.91 Å². The number of nitrogens with one attached hydrogen (secondary N) is 1. The summed E-state index contributed by atoms with van der Waals surface area (Å²) in [5.41, 5.74) is 4.93. The van der Waals surface area contributed by atoms with Gasteiger partial charge in [-0.1, -0.05) is 17.3 Å². The maximum absolute atomic E-state index is 13.3. The number of nitrogen functional groups attached to an aromatic ring is 1. The molecule has 13 nitrogen and oxygen atoms in total. The van der Waals surface area contributed by atoms with E-state index in [0.717, 1.165) is 28.0 Å². The number of nitrogens with two attached hydrogens (primary N) is 1. The monoisotopic (exact) mass is 668 g/mol.